The average Bonchev–Trinajstić information content (AvgIpc) is 2.66. The summed E-state index contributed by atoms with van der Waals surface area (Å²) in [5, 5.41) is 3.64. The summed E-state index contributed by atoms with van der Waals surface area (Å²) >= 11 is 0. The number of piperidine rings is 1. The Hall–Kier alpha value is -0.570. The molecule has 2 aliphatic heterocycles. The molecule has 1 amide bonds. The molecular weight excluding hydrogens is 224 g/mol. The normalized spacial score (nSPS) is 31.4. The molecule has 2 bridgehead atoms. The van der Waals surface area contributed by atoms with E-state index < -0.39 is 0 Å². The summed E-state index contributed by atoms with van der Waals surface area (Å²) in [5.74, 6) is 0.327. The number of amides is 1. The molecule has 1 N–H and O–H groups in total. The van der Waals surface area contributed by atoms with Gasteiger partial charge in [0.25, 0.3) is 0 Å². The second kappa shape index (κ2) is 5.20. The zero-order chi connectivity index (χ0) is 13.3. The van der Waals surface area contributed by atoms with E-state index in [9.17, 15) is 4.79 Å². The standard InChI is InChI=1S/C15H28N2O/c1-5-15(2,3)10-14(18)17(4)13-8-11-6-7-12(9-13)16-11/h11-13,16H,5-10H2,1-4H3. The summed E-state index contributed by atoms with van der Waals surface area (Å²) in [6, 6.07) is 1.77. The van der Waals surface area contributed by atoms with Crippen molar-refractivity contribution in [3.05, 3.63) is 0 Å². The SMILES string of the molecule is CCC(C)(C)CC(=O)N(C)C1CC2CCC(C1)N2. The largest absolute Gasteiger partial charge is 0.343 e. The predicted molar refractivity (Wildman–Crippen MR) is 74.4 cm³/mol. The second-order valence-corrected chi connectivity index (χ2v) is 6.96. The highest BCUT2D eigenvalue weighted by Crippen LogP contribution is 2.31. The fourth-order valence-corrected chi connectivity index (χ4v) is 3.21. The molecule has 0 spiro atoms. The molecule has 2 atom stereocenters. The van der Waals surface area contributed by atoms with Crippen LogP contribution in [0.5, 0.6) is 0 Å². The van der Waals surface area contributed by atoms with Gasteiger partial charge in [-0.15, -0.1) is 0 Å². The van der Waals surface area contributed by atoms with Gasteiger partial charge in [0, 0.05) is 31.6 Å². The van der Waals surface area contributed by atoms with Gasteiger partial charge in [-0.3, -0.25) is 4.79 Å². The highest BCUT2D eigenvalue weighted by Gasteiger charge is 2.36. The highest BCUT2D eigenvalue weighted by atomic mass is 16.2. The van der Waals surface area contributed by atoms with Crippen molar-refractivity contribution < 1.29 is 4.79 Å². The first kappa shape index (κ1) is 13.9. The van der Waals surface area contributed by atoms with E-state index in [1.54, 1.807) is 0 Å². The van der Waals surface area contributed by atoms with E-state index >= 15 is 0 Å². The van der Waals surface area contributed by atoms with Gasteiger partial charge in [-0.1, -0.05) is 27.2 Å². The molecule has 3 nitrogen and oxygen atoms in total. The number of hydrogen-bond donors (Lipinski definition) is 1. The van der Waals surface area contributed by atoms with Crippen molar-refractivity contribution in [1.29, 1.82) is 0 Å². The van der Waals surface area contributed by atoms with Crippen molar-refractivity contribution in [2.75, 3.05) is 7.05 Å². The van der Waals surface area contributed by atoms with Gasteiger partial charge in [-0.2, -0.15) is 0 Å². The fourth-order valence-electron chi connectivity index (χ4n) is 3.21. The molecular formula is C15H28N2O. The maximum Gasteiger partial charge on any atom is 0.223 e. The van der Waals surface area contributed by atoms with E-state index in [2.05, 4.69) is 26.1 Å². The molecule has 3 heteroatoms. The number of nitrogens with zero attached hydrogens (tertiary/aromatic N) is 1. The lowest BCUT2D eigenvalue weighted by Crippen LogP contribution is -2.49. The summed E-state index contributed by atoms with van der Waals surface area (Å²) in [7, 11) is 2.00. The molecule has 2 fully saturated rings. The van der Waals surface area contributed by atoms with Crippen LogP contribution in [0.25, 0.3) is 0 Å². The summed E-state index contributed by atoms with van der Waals surface area (Å²) in [6.45, 7) is 6.54. The molecule has 0 saturated carbocycles. The summed E-state index contributed by atoms with van der Waals surface area (Å²) in [6.07, 6.45) is 6.62. The Morgan fingerprint density at radius 2 is 1.83 bits per heavy atom. The first-order valence-electron chi connectivity index (χ1n) is 7.43. The maximum absolute atomic E-state index is 12.4. The minimum atomic E-state index is 0.136. The third-order valence-electron chi connectivity index (χ3n) is 4.98. The van der Waals surface area contributed by atoms with E-state index in [0.717, 1.165) is 19.3 Å². The minimum absolute atomic E-state index is 0.136. The van der Waals surface area contributed by atoms with Gasteiger partial charge in [0.1, 0.15) is 0 Å². The van der Waals surface area contributed by atoms with Gasteiger partial charge in [-0.05, 0) is 31.1 Å². The van der Waals surface area contributed by atoms with Crippen LogP contribution in [-0.4, -0.2) is 36.0 Å². The van der Waals surface area contributed by atoms with Crippen LogP contribution in [-0.2, 0) is 4.79 Å². The lowest BCUT2D eigenvalue weighted by atomic mass is 9.85. The highest BCUT2D eigenvalue weighted by molar-refractivity contribution is 5.77. The molecule has 2 unspecified atom stereocenters. The van der Waals surface area contributed by atoms with Crippen LogP contribution in [0.1, 0.15) is 59.3 Å². The van der Waals surface area contributed by atoms with E-state index in [4.69, 9.17) is 0 Å². The van der Waals surface area contributed by atoms with Gasteiger partial charge in [0.2, 0.25) is 5.91 Å². The van der Waals surface area contributed by atoms with Crippen LogP contribution < -0.4 is 5.32 Å². The topological polar surface area (TPSA) is 32.3 Å². The molecule has 2 rings (SSSR count). The number of hydrogen-bond acceptors (Lipinski definition) is 2. The molecule has 2 heterocycles. The second-order valence-electron chi connectivity index (χ2n) is 6.96. The van der Waals surface area contributed by atoms with Crippen LogP contribution in [0.3, 0.4) is 0 Å². The molecule has 0 aromatic heterocycles. The molecule has 2 aliphatic rings. The smallest absolute Gasteiger partial charge is 0.223 e. The van der Waals surface area contributed by atoms with E-state index in [0.29, 0.717) is 30.5 Å². The van der Waals surface area contributed by atoms with Crippen molar-refractivity contribution in [3.63, 3.8) is 0 Å². The summed E-state index contributed by atoms with van der Waals surface area (Å²) < 4.78 is 0. The first-order chi connectivity index (χ1) is 8.41. The van der Waals surface area contributed by atoms with E-state index in [-0.39, 0.29) is 5.41 Å². The number of nitrogens with one attached hydrogen (secondary N) is 1. The summed E-state index contributed by atoms with van der Waals surface area (Å²) in [4.78, 5) is 14.4. The Balaban J connectivity index is 1.91. The molecule has 0 aromatic rings. The van der Waals surface area contributed by atoms with Crippen LogP contribution in [0, 0.1) is 5.41 Å². The number of carbonyl (C=O) groups excluding carboxylic acids is 1. The Kier molecular flexibility index (Phi) is 4.00. The van der Waals surface area contributed by atoms with Crippen LogP contribution in [0.4, 0.5) is 0 Å². The fraction of sp³-hybridized carbons (Fsp3) is 0.933. The van der Waals surface area contributed by atoms with Crippen LogP contribution in [0.2, 0.25) is 0 Å². The first-order valence-corrected chi connectivity index (χ1v) is 7.43. The summed E-state index contributed by atoms with van der Waals surface area (Å²) in [5.41, 5.74) is 0.136. The van der Waals surface area contributed by atoms with Gasteiger partial charge in [0.05, 0.1) is 0 Å². The molecule has 0 aromatic carbocycles. The molecule has 104 valence electrons. The Morgan fingerprint density at radius 3 is 2.33 bits per heavy atom. The van der Waals surface area contributed by atoms with Gasteiger partial charge in [-0.25, -0.2) is 0 Å². The lowest BCUT2D eigenvalue weighted by Gasteiger charge is -2.37. The number of rotatable bonds is 4. The predicted octanol–water partition coefficient (Wildman–Crippen LogP) is 2.55. The average molecular weight is 252 g/mol. The lowest BCUT2D eigenvalue weighted by molar-refractivity contribution is -0.134. The van der Waals surface area contributed by atoms with Gasteiger partial charge in [0.15, 0.2) is 0 Å². The quantitative estimate of drug-likeness (QED) is 0.834. The van der Waals surface area contributed by atoms with Crippen LogP contribution in [0.15, 0.2) is 0 Å². The molecule has 2 saturated heterocycles. The zero-order valence-corrected chi connectivity index (χ0v) is 12.3. The van der Waals surface area contributed by atoms with Gasteiger partial charge >= 0.3 is 0 Å². The zero-order valence-electron chi connectivity index (χ0n) is 12.3. The minimum Gasteiger partial charge on any atom is -0.343 e. The maximum atomic E-state index is 12.4. The van der Waals surface area contributed by atoms with Crippen molar-refractivity contribution in [2.45, 2.75) is 77.4 Å². The van der Waals surface area contributed by atoms with Crippen molar-refractivity contribution in [3.8, 4) is 0 Å². The van der Waals surface area contributed by atoms with Crippen molar-refractivity contribution in [2.24, 2.45) is 5.41 Å². The molecule has 0 radical (unpaired) electrons. The number of fused-ring (bicyclic) bond motifs is 2. The Labute approximate surface area is 111 Å². The van der Waals surface area contributed by atoms with Crippen molar-refractivity contribution in [1.82, 2.24) is 10.2 Å². The Morgan fingerprint density at radius 1 is 1.28 bits per heavy atom. The molecule has 18 heavy (non-hydrogen) atoms. The van der Waals surface area contributed by atoms with E-state index in [1.165, 1.54) is 12.8 Å². The third-order valence-corrected chi connectivity index (χ3v) is 4.98. The van der Waals surface area contributed by atoms with Gasteiger partial charge < -0.3 is 10.2 Å². The third kappa shape index (κ3) is 3.05. The van der Waals surface area contributed by atoms with Crippen LogP contribution >= 0.6 is 0 Å². The Bertz CT molecular complexity index is 302. The molecule has 0 aliphatic carbocycles. The number of carbonyl (C=O) groups is 1. The van der Waals surface area contributed by atoms with Crippen molar-refractivity contribution >= 4 is 5.91 Å². The van der Waals surface area contributed by atoms with E-state index in [1.807, 2.05) is 11.9 Å². The monoisotopic (exact) mass is 252 g/mol.